The lowest BCUT2D eigenvalue weighted by atomic mass is 10.2. The van der Waals surface area contributed by atoms with Crippen LogP contribution in [0, 0.1) is 0 Å². The van der Waals surface area contributed by atoms with Gasteiger partial charge in [-0.25, -0.2) is 8.42 Å². The van der Waals surface area contributed by atoms with Crippen LogP contribution in [-0.4, -0.2) is 44.9 Å². The molecule has 1 saturated heterocycles. The van der Waals surface area contributed by atoms with Gasteiger partial charge < -0.3 is 10.1 Å². The Bertz CT molecular complexity index is 648. The zero-order chi connectivity index (χ0) is 17.4. The van der Waals surface area contributed by atoms with Crippen LogP contribution in [0.1, 0.15) is 25.7 Å². The summed E-state index contributed by atoms with van der Waals surface area (Å²) >= 11 is 0. The molecule has 6 nitrogen and oxygen atoms in total. The molecule has 1 fully saturated rings. The average molecular weight is 352 g/mol. The van der Waals surface area contributed by atoms with Gasteiger partial charge in [0.2, 0.25) is 10.0 Å². The molecule has 0 radical (unpaired) electrons. The quantitative estimate of drug-likeness (QED) is 0.761. The number of amides is 1. The minimum absolute atomic E-state index is 0.119. The van der Waals surface area contributed by atoms with E-state index in [1.165, 1.54) is 12.1 Å². The normalized spacial score (nSPS) is 16.2. The van der Waals surface area contributed by atoms with Crippen LogP contribution in [-0.2, 0) is 14.8 Å². The molecular weight excluding hydrogens is 328 g/mol. The fourth-order valence-electron chi connectivity index (χ4n) is 2.52. The number of benzene rings is 1. The second-order valence-corrected chi connectivity index (χ2v) is 7.61. The summed E-state index contributed by atoms with van der Waals surface area (Å²) in [6.45, 7) is 4.92. The Morgan fingerprint density at radius 1 is 1.17 bits per heavy atom. The van der Waals surface area contributed by atoms with E-state index in [2.05, 4.69) is 11.9 Å². The Labute approximate surface area is 143 Å². The van der Waals surface area contributed by atoms with E-state index in [1.54, 1.807) is 22.5 Å². The Morgan fingerprint density at radius 2 is 1.79 bits per heavy atom. The molecule has 24 heavy (non-hydrogen) atoms. The molecule has 1 amide bonds. The number of nitrogens with zero attached hydrogens (tertiary/aromatic N) is 1. The Kier molecular flexibility index (Phi) is 6.81. The van der Waals surface area contributed by atoms with Crippen LogP contribution in [0.15, 0.2) is 41.8 Å². The standard InChI is InChI=1S/C17H24N2O4S/c1-2-11-18-17(20)14-23-15-7-9-16(10-8-15)24(21,22)19-12-5-3-4-6-13-19/h2,7-10H,1,3-6,11-14H2,(H,18,20). The minimum Gasteiger partial charge on any atom is -0.484 e. The molecule has 1 aliphatic rings. The van der Waals surface area contributed by atoms with Crippen molar-refractivity contribution in [1.29, 1.82) is 0 Å². The molecule has 1 heterocycles. The van der Waals surface area contributed by atoms with Gasteiger partial charge in [0.15, 0.2) is 6.61 Å². The van der Waals surface area contributed by atoms with Crippen molar-refractivity contribution in [1.82, 2.24) is 9.62 Å². The summed E-state index contributed by atoms with van der Waals surface area (Å²) < 4.78 is 32.2. The average Bonchev–Trinajstić information content (AvgIpc) is 2.88. The second-order valence-electron chi connectivity index (χ2n) is 5.67. The van der Waals surface area contributed by atoms with Crippen molar-refractivity contribution in [3.8, 4) is 5.75 Å². The fraction of sp³-hybridized carbons (Fsp3) is 0.471. The van der Waals surface area contributed by atoms with Crippen LogP contribution in [0.3, 0.4) is 0 Å². The number of hydrogen-bond donors (Lipinski definition) is 1. The van der Waals surface area contributed by atoms with Gasteiger partial charge in [-0.15, -0.1) is 6.58 Å². The van der Waals surface area contributed by atoms with E-state index in [0.717, 1.165) is 25.7 Å². The highest BCUT2D eigenvalue weighted by Gasteiger charge is 2.24. The van der Waals surface area contributed by atoms with E-state index in [-0.39, 0.29) is 17.4 Å². The lowest BCUT2D eigenvalue weighted by Crippen LogP contribution is -2.31. The molecule has 1 aromatic carbocycles. The van der Waals surface area contributed by atoms with Crippen molar-refractivity contribution in [2.24, 2.45) is 0 Å². The van der Waals surface area contributed by atoms with Crippen molar-refractivity contribution in [2.45, 2.75) is 30.6 Å². The summed E-state index contributed by atoms with van der Waals surface area (Å²) in [5.74, 6) is 0.203. The molecule has 0 spiro atoms. The van der Waals surface area contributed by atoms with Crippen LogP contribution in [0.5, 0.6) is 5.75 Å². The van der Waals surface area contributed by atoms with Crippen molar-refractivity contribution in [3.05, 3.63) is 36.9 Å². The van der Waals surface area contributed by atoms with Gasteiger partial charge in [-0.1, -0.05) is 18.9 Å². The lowest BCUT2D eigenvalue weighted by molar-refractivity contribution is -0.122. The number of hydrogen-bond acceptors (Lipinski definition) is 4. The van der Waals surface area contributed by atoms with E-state index in [4.69, 9.17) is 4.74 Å². The van der Waals surface area contributed by atoms with Crippen molar-refractivity contribution >= 4 is 15.9 Å². The highest BCUT2D eigenvalue weighted by atomic mass is 32.2. The van der Waals surface area contributed by atoms with Gasteiger partial charge in [0.05, 0.1) is 4.90 Å². The maximum atomic E-state index is 12.6. The highest BCUT2D eigenvalue weighted by molar-refractivity contribution is 7.89. The molecule has 0 bridgehead atoms. The van der Waals surface area contributed by atoms with E-state index >= 15 is 0 Å². The zero-order valence-electron chi connectivity index (χ0n) is 13.7. The van der Waals surface area contributed by atoms with Crippen LogP contribution in [0.2, 0.25) is 0 Å². The summed E-state index contributed by atoms with van der Waals surface area (Å²) in [7, 11) is -3.46. The van der Waals surface area contributed by atoms with Crippen molar-refractivity contribution < 1.29 is 17.9 Å². The third-order valence-electron chi connectivity index (χ3n) is 3.84. The number of rotatable bonds is 7. The molecule has 2 rings (SSSR count). The molecule has 0 aliphatic carbocycles. The third kappa shape index (κ3) is 5.07. The monoisotopic (exact) mass is 352 g/mol. The molecule has 0 unspecified atom stereocenters. The maximum Gasteiger partial charge on any atom is 0.258 e. The van der Waals surface area contributed by atoms with Crippen molar-refractivity contribution in [3.63, 3.8) is 0 Å². The van der Waals surface area contributed by atoms with Crippen molar-refractivity contribution in [2.75, 3.05) is 26.2 Å². The van der Waals surface area contributed by atoms with E-state index in [9.17, 15) is 13.2 Å². The largest absolute Gasteiger partial charge is 0.484 e. The van der Waals surface area contributed by atoms with Gasteiger partial charge >= 0.3 is 0 Å². The van der Waals surface area contributed by atoms with Gasteiger partial charge in [-0.2, -0.15) is 4.31 Å². The van der Waals surface area contributed by atoms with Gasteiger partial charge in [0, 0.05) is 19.6 Å². The van der Waals surface area contributed by atoms with Crippen LogP contribution < -0.4 is 10.1 Å². The van der Waals surface area contributed by atoms with Crippen LogP contribution in [0.4, 0.5) is 0 Å². The van der Waals surface area contributed by atoms with E-state index in [0.29, 0.717) is 25.4 Å². The number of sulfonamides is 1. The molecule has 0 atom stereocenters. The fourth-order valence-corrected chi connectivity index (χ4v) is 4.04. The first-order chi connectivity index (χ1) is 11.5. The first-order valence-electron chi connectivity index (χ1n) is 8.14. The number of nitrogens with one attached hydrogen (secondary N) is 1. The topological polar surface area (TPSA) is 75.7 Å². The Hall–Kier alpha value is -1.86. The molecule has 7 heteroatoms. The molecular formula is C17H24N2O4S. The van der Waals surface area contributed by atoms with Crippen LogP contribution in [0.25, 0.3) is 0 Å². The third-order valence-corrected chi connectivity index (χ3v) is 5.75. The number of carbonyl (C=O) groups is 1. The smallest absolute Gasteiger partial charge is 0.258 e. The predicted molar refractivity (Wildman–Crippen MR) is 92.4 cm³/mol. The first-order valence-corrected chi connectivity index (χ1v) is 9.58. The minimum atomic E-state index is -3.46. The summed E-state index contributed by atoms with van der Waals surface area (Å²) in [6.07, 6.45) is 5.54. The summed E-state index contributed by atoms with van der Waals surface area (Å²) in [6, 6.07) is 6.20. The van der Waals surface area contributed by atoms with Crippen LogP contribution >= 0.6 is 0 Å². The lowest BCUT2D eigenvalue weighted by Gasteiger charge is -2.20. The number of ether oxygens (including phenoxy) is 1. The summed E-state index contributed by atoms with van der Waals surface area (Å²) in [4.78, 5) is 11.7. The molecule has 0 aromatic heterocycles. The van der Waals surface area contributed by atoms with E-state index < -0.39 is 10.0 Å². The zero-order valence-corrected chi connectivity index (χ0v) is 14.6. The molecule has 0 saturated carbocycles. The summed E-state index contributed by atoms with van der Waals surface area (Å²) in [5, 5.41) is 2.60. The van der Waals surface area contributed by atoms with Gasteiger partial charge in [0.25, 0.3) is 5.91 Å². The Morgan fingerprint density at radius 3 is 2.38 bits per heavy atom. The molecule has 1 aromatic rings. The maximum absolute atomic E-state index is 12.6. The van der Waals surface area contributed by atoms with Gasteiger partial charge in [-0.05, 0) is 37.1 Å². The second kappa shape index (κ2) is 8.84. The van der Waals surface area contributed by atoms with Gasteiger partial charge in [0.1, 0.15) is 5.75 Å². The highest BCUT2D eigenvalue weighted by Crippen LogP contribution is 2.22. The predicted octanol–water partition coefficient (Wildman–Crippen LogP) is 1.93. The summed E-state index contributed by atoms with van der Waals surface area (Å²) in [5.41, 5.74) is 0. The van der Waals surface area contributed by atoms with Gasteiger partial charge in [-0.3, -0.25) is 4.79 Å². The number of carbonyl (C=O) groups excluding carboxylic acids is 1. The molecule has 132 valence electrons. The first kappa shape index (κ1) is 18.5. The molecule has 1 aliphatic heterocycles. The van der Waals surface area contributed by atoms with E-state index in [1.807, 2.05) is 0 Å². The Balaban J connectivity index is 1.97. The SMILES string of the molecule is C=CCNC(=O)COc1ccc(S(=O)(=O)N2CCCCCC2)cc1. The molecule has 1 N–H and O–H groups in total.